The van der Waals surface area contributed by atoms with Crippen molar-refractivity contribution in [2.75, 3.05) is 29.0 Å². The topological polar surface area (TPSA) is 171 Å². The van der Waals surface area contributed by atoms with Crippen LogP contribution in [0.25, 0.3) is 27.6 Å². The number of carbonyl (C=O) groups is 1. The molecule has 316 valence electrons. The molecule has 6 aromatic rings. The molecule has 0 spiro atoms. The number of benzene rings is 2. The van der Waals surface area contributed by atoms with E-state index in [-0.39, 0.29) is 81.1 Å². The number of anilines is 2. The number of aryl methyl sites for hydroxylation is 1. The number of fused-ring (bicyclic) bond motifs is 2. The second-order valence-electron chi connectivity index (χ2n) is 15.0. The second-order valence-corrected chi connectivity index (χ2v) is 17.1. The third-order valence-electron chi connectivity index (χ3n) is 10.1. The van der Waals surface area contributed by atoms with E-state index in [1.54, 1.807) is 16.9 Å². The number of nitrogens with one attached hydrogen (secondary N) is 2. The number of alkyl halides is 3. The van der Waals surface area contributed by atoms with Crippen LogP contribution in [0, 0.1) is 11.6 Å². The first-order valence-electron chi connectivity index (χ1n) is 18.6. The zero-order valence-corrected chi connectivity index (χ0v) is 33.6. The first-order chi connectivity index (χ1) is 28.3. The summed E-state index contributed by atoms with van der Waals surface area (Å²) in [6.45, 7) is 0.925. The van der Waals surface area contributed by atoms with Gasteiger partial charge < -0.3 is 15.0 Å². The lowest BCUT2D eigenvalue weighted by Gasteiger charge is -2.38. The van der Waals surface area contributed by atoms with Crippen molar-refractivity contribution in [1.82, 2.24) is 39.4 Å². The molecule has 2 fully saturated rings. The molecule has 5 heterocycles. The van der Waals surface area contributed by atoms with E-state index in [1.807, 2.05) is 0 Å². The Morgan fingerprint density at radius 1 is 1.03 bits per heavy atom. The van der Waals surface area contributed by atoms with Gasteiger partial charge in [0.05, 0.1) is 70.1 Å². The van der Waals surface area contributed by atoms with E-state index >= 15 is 0 Å². The summed E-state index contributed by atoms with van der Waals surface area (Å²) >= 11 is 6.63. The van der Waals surface area contributed by atoms with Crippen LogP contribution in [0.4, 0.5) is 33.6 Å². The Morgan fingerprint density at radius 2 is 1.77 bits per heavy atom. The van der Waals surface area contributed by atoms with Crippen molar-refractivity contribution in [3.8, 4) is 5.69 Å². The van der Waals surface area contributed by atoms with Crippen LogP contribution in [0.1, 0.15) is 48.9 Å². The Morgan fingerprint density at radius 3 is 2.45 bits per heavy atom. The molecule has 0 bridgehead atoms. The summed E-state index contributed by atoms with van der Waals surface area (Å²) in [6, 6.07) is 8.97. The lowest BCUT2D eigenvalue weighted by Crippen LogP contribution is -2.52. The number of rotatable bonds is 11. The van der Waals surface area contributed by atoms with Crippen molar-refractivity contribution in [3.05, 3.63) is 98.8 Å². The van der Waals surface area contributed by atoms with Crippen LogP contribution >= 0.6 is 11.6 Å². The monoisotopic (exact) mass is 874 g/mol. The number of sulfonamides is 1. The molecule has 8 rings (SSSR count). The smallest absolute Gasteiger partial charge is 0.362 e. The number of carbonyl (C=O) groups excluding carboxylic acids is 1. The van der Waals surface area contributed by atoms with Gasteiger partial charge in [0.2, 0.25) is 15.9 Å². The summed E-state index contributed by atoms with van der Waals surface area (Å²) in [7, 11) is -2.40. The van der Waals surface area contributed by atoms with E-state index in [1.165, 1.54) is 47.8 Å². The minimum atomic E-state index is -4.67. The van der Waals surface area contributed by atoms with E-state index in [4.69, 9.17) is 21.3 Å². The molecule has 1 amide bonds. The Hall–Kier alpha value is -5.67. The van der Waals surface area contributed by atoms with Gasteiger partial charge >= 0.3 is 6.18 Å². The highest BCUT2D eigenvalue weighted by atomic mass is 35.5. The summed E-state index contributed by atoms with van der Waals surface area (Å²) in [5, 5.41) is 11.8. The van der Waals surface area contributed by atoms with Crippen LogP contribution in [0.15, 0.2) is 59.5 Å². The number of ether oxygens (including phenoxy) is 1. The van der Waals surface area contributed by atoms with Crippen LogP contribution in [0.3, 0.4) is 0 Å². The first-order valence-corrected chi connectivity index (χ1v) is 20.9. The zero-order chi connectivity index (χ0) is 42.8. The van der Waals surface area contributed by atoms with Crippen LogP contribution in [-0.2, 0) is 39.4 Å². The van der Waals surface area contributed by atoms with Crippen molar-refractivity contribution in [2.45, 2.75) is 63.1 Å². The van der Waals surface area contributed by atoms with Gasteiger partial charge in [-0.1, -0.05) is 11.6 Å². The van der Waals surface area contributed by atoms with Gasteiger partial charge in [0.15, 0.2) is 17.6 Å². The predicted molar refractivity (Wildman–Crippen MR) is 211 cm³/mol. The zero-order valence-electron chi connectivity index (χ0n) is 32.0. The van der Waals surface area contributed by atoms with Crippen molar-refractivity contribution < 1.29 is 39.9 Å². The third kappa shape index (κ3) is 8.50. The van der Waals surface area contributed by atoms with Crippen LogP contribution in [0.2, 0.25) is 5.02 Å². The molecular weight excluding hydrogens is 839 g/mol. The number of amides is 1. The first kappa shape index (κ1) is 41.1. The van der Waals surface area contributed by atoms with Crippen molar-refractivity contribution in [1.29, 1.82) is 0 Å². The Labute approximate surface area is 343 Å². The Bertz CT molecular complexity index is 2820. The maximum atomic E-state index is 14.9. The lowest BCUT2D eigenvalue weighted by atomic mass is 10.0. The normalized spacial score (nSPS) is 18.0. The highest BCUT2D eigenvalue weighted by molar-refractivity contribution is 7.92. The van der Waals surface area contributed by atoms with Gasteiger partial charge in [0.25, 0.3) is 5.56 Å². The minimum absolute atomic E-state index is 0.0302. The van der Waals surface area contributed by atoms with E-state index in [0.29, 0.717) is 11.8 Å². The summed E-state index contributed by atoms with van der Waals surface area (Å²) < 4.78 is 107. The number of hydrogen-bond acceptors (Lipinski definition) is 10. The molecule has 60 heavy (non-hydrogen) atoms. The van der Waals surface area contributed by atoms with E-state index in [2.05, 4.69) is 25.2 Å². The number of pyridine rings is 1. The number of hydrogen-bond donors (Lipinski definition) is 2. The standard InChI is InChI=1S/C38H36ClF5N10O5S/c1-19-17-52(18-29(59-19)38(42,43)44)30-9-6-25-34(46-30)47-36(54(37(25)56)28-8-7-26(39)32-33(28)51(2)49-35(32)50-60(3,57)58)27(14-20-12-21(40)15-22(41)13-20)45-31(55)16-23-10-11-53(48-23)24-4-5-24/h6-13,15,19,24,27,29H,4-5,14,16-18H2,1-3H3,(H,45,55)(H,49,50)/t19-,27+,29-/m1/s1. The van der Waals surface area contributed by atoms with Crippen molar-refractivity contribution >= 4 is 61.1 Å². The number of nitrogens with zero attached hydrogens (tertiary/aromatic N) is 8. The maximum Gasteiger partial charge on any atom is 0.416 e. The summed E-state index contributed by atoms with van der Waals surface area (Å²) in [5.74, 6) is -2.72. The molecule has 1 saturated heterocycles. The molecule has 3 atom stereocenters. The van der Waals surface area contributed by atoms with Gasteiger partial charge in [0, 0.05) is 32.3 Å². The van der Waals surface area contributed by atoms with E-state index in [9.17, 15) is 40.0 Å². The molecule has 2 aliphatic rings. The summed E-state index contributed by atoms with van der Waals surface area (Å²) in [5.41, 5.74) is -0.271. The summed E-state index contributed by atoms with van der Waals surface area (Å²) in [6.07, 6.45) is -3.60. The fourth-order valence-corrected chi connectivity index (χ4v) is 8.15. The Balaban J connectivity index is 1.33. The fourth-order valence-electron chi connectivity index (χ4n) is 7.42. The molecule has 0 unspecified atom stereocenters. The quantitative estimate of drug-likeness (QED) is 0.163. The van der Waals surface area contributed by atoms with Crippen LogP contribution < -0.4 is 20.5 Å². The van der Waals surface area contributed by atoms with Gasteiger partial charge in [-0.3, -0.25) is 28.2 Å². The second kappa shape index (κ2) is 15.4. The number of morpholine rings is 1. The molecular formula is C38H36ClF5N10O5S. The van der Waals surface area contributed by atoms with Crippen LogP contribution in [0.5, 0.6) is 0 Å². The maximum absolute atomic E-state index is 14.9. The molecule has 22 heteroatoms. The van der Waals surface area contributed by atoms with Gasteiger partial charge in [-0.2, -0.15) is 23.4 Å². The minimum Gasteiger partial charge on any atom is -0.362 e. The van der Waals surface area contributed by atoms with E-state index < -0.39 is 64.1 Å². The largest absolute Gasteiger partial charge is 0.416 e. The van der Waals surface area contributed by atoms with Crippen molar-refractivity contribution in [3.63, 3.8) is 0 Å². The van der Waals surface area contributed by atoms with Crippen molar-refractivity contribution in [2.24, 2.45) is 7.05 Å². The number of halogens is 6. The lowest BCUT2D eigenvalue weighted by molar-refractivity contribution is -0.233. The highest BCUT2D eigenvalue weighted by Gasteiger charge is 2.45. The average molecular weight is 875 g/mol. The van der Waals surface area contributed by atoms with Gasteiger partial charge in [-0.25, -0.2) is 27.2 Å². The summed E-state index contributed by atoms with van der Waals surface area (Å²) in [4.78, 5) is 39.6. The fraction of sp³-hybridized carbons (Fsp3) is 0.368. The predicted octanol–water partition coefficient (Wildman–Crippen LogP) is 5.30. The Kier molecular flexibility index (Phi) is 10.6. The van der Waals surface area contributed by atoms with Gasteiger partial charge in [0.1, 0.15) is 23.3 Å². The number of aromatic nitrogens is 7. The molecule has 2 N–H and O–H groups in total. The van der Waals surface area contributed by atoms with Gasteiger partial charge in [-0.05, 0) is 67.8 Å². The molecule has 1 aliphatic heterocycles. The molecule has 2 aromatic carbocycles. The van der Waals surface area contributed by atoms with E-state index in [0.717, 1.165) is 35.8 Å². The molecule has 15 nitrogen and oxygen atoms in total. The molecule has 0 radical (unpaired) electrons. The molecule has 1 aliphatic carbocycles. The molecule has 1 saturated carbocycles. The highest BCUT2D eigenvalue weighted by Crippen LogP contribution is 2.37. The van der Waals surface area contributed by atoms with Gasteiger partial charge in [-0.15, -0.1) is 0 Å². The SMILES string of the molecule is C[C@@H]1CN(c2ccc3c(=O)n(-c4ccc(Cl)c5c(NS(C)(=O)=O)nn(C)c45)c([C@H](Cc4cc(F)cc(F)c4)NC(=O)Cc4ccn(C5CC5)n4)nc3n2)C[C@H](C(F)(F)F)O1. The van der Waals surface area contributed by atoms with Crippen LogP contribution in [-0.4, -0.2) is 86.2 Å². The average Bonchev–Trinajstić information content (AvgIpc) is 3.81. The molecule has 4 aromatic heterocycles. The third-order valence-corrected chi connectivity index (χ3v) is 10.9.